The van der Waals surface area contributed by atoms with Gasteiger partial charge in [0.15, 0.2) is 0 Å². The molecule has 29 heavy (non-hydrogen) atoms. The third-order valence-corrected chi connectivity index (χ3v) is 7.37. The minimum atomic E-state index is 0. The molecule has 0 radical (unpaired) electrons. The maximum absolute atomic E-state index is 10.5. The topological polar surface area (TPSA) is 32.7 Å². The van der Waals surface area contributed by atoms with Crippen molar-refractivity contribution < 1.29 is 9.84 Å². The number of hydrogen-bond donors (Lipinski definition) is 1. The first kappa shape index (κ1) is 24.0. The van der Waals surface area contributed by atoms with Crippen molar-refractivity contribution in [3.05, 3.63) is 65.2 Å². The first-order chi connectivity index (χ1) is 12.9. The van der Waals surface area contributed by atoms with Crippen molar-refractivity contribution in [3.63, 3.8) is 0 Å². The van der Waals surface area contributed by atoms with E-state index in [9.17, 15) is 5.11 Å². The second-order valence-corrected chi connectivity index (χ2v) is 8.90. The summed E-state index contributed by atoms with van der Waals surface area (Å²) in [4.78, 5) is 2.59. The van der Waals surface area contributed by atoms with E-state index in [1.165, 1.54) is 11.1 Å². The van der Waals surface area contributed by atoms with Crippen molar-refractivity contribution in [2.24, 2.45) is 5.41 Å². The third-order valence-electron chi connectivity index (χ3n) is 7.37. The van der Waals surface area contributed by atoms with Crippen LogP contribution in [0.4, 0.5) is 0 Å². The largest absolute Gasteiger partial charge is 0.508 e. The second-order valence-electron chi connectivity index (χ2n) is 8.90. The number of hydrogen-bond acceptors (Lipinski definition) is 3. The molecule has 2 bridgehead atoms. The molecule has 5 heteroatoms. The molecule has 2 aromatic rings. The van der Waals surface area contributed by atoms with Crippen molar-refractivity contribution in [2.45, 2.75) is 51.7 Å². The van der Waals surface area contributed by atoms with Gasteiger partial charge < -0.3 is 9.84 Å². The summed E-state index contributed by atoms with van der Waals surface area (Å²) in [5.74, 6) is 0.460. The van der Waals surface area contributed by atoms with E-state index in [0.29, 0.717) is 18.4 Å². The minimum Gasteiger partial charge on any atom is -0.508 e. The van der Waals surface area contributed by atoms with E-state index >= 15 is 0 Å². The summed E-state index contributed by atoms with van der Waals surface area (Å²) in [6.07, 6.45) is 2.04. The zero-order chi connectivity index (χ0) is 19.1. The van der Waals surface area contributed by atoms with Crippen LogP contribution in [0, 0.1) is 5.41 Å². The van der Waals surface area contributed by atoms with E-state index in [1.807, 2.05) is 18.2 Å². The van der Waals surface area contributed by atoms with Gasteiger partial charge in [0.25, 0.3) is 0 Å². The normalized spacial score (nSPS) is 24.7. The van der Waals surface area contributed by atoms with Gasteiger partial charge in [-0.05, 0) is 47.6 Å². The van der Waals surface area contributed by atoms with Crippen molar-refractivity contribution in [1.82, 2.24) is 4.90 Å². The fraction of sp³-hybridized carbons (Fsp3) is 0.500. The van der Waals surface area contributed by atoms with E-state index in [1.54, 1.807) is 0 Å². The summed E-state index contributed by atoms with van der Waals surface area (Å²) in [6.45, 7) is 10.6. The molecule has 2 aromatic carbocycles. The van der Waals surface area contributed by atoms with Crippen molar-refractivity contribution in [3.8, 4) is 5.75 Å². The maximum atomic E-state index is 10.5. The minimum absolute atomic E-state index is 0. The Hall–Kier alpha value is -1.26. The Morgan fingerprint density at radius 1 is 1.03 bits per heavy atom. The smallest absolute Gasteiger partial charge is 0.119 e. The average Bonchev–Trinajstić information content (AvgIpc) is 2.65. The molecule has 1 fully saturated rings. The molecule has 1 N–H and O–H groups in total. The Morgan fingerprint density at radius 2 is 1.76 bits per heavy atom. The lowest BCUT2D eigenvalue weighted by atomic mass is 9.51. The van der Waals surface area contributed by atoms with Gasteiger partial charge in [0.05, 0.1) is 13.2 Å². The first-order valence-corrected chi connectivity index (χ1v) is 10.1. The molecule has 2 atom stereocenters. The molecule has 1 aliphatic carbocycles. The number of phenols is 1. The number of fused-ring (bicyclic) bond motifs is 4. The zero-order valence-electron chi connectivity index (χ0n) is 17.6. The van der Waals surface area contributed by atoms with Crippen LogP contribution in [-0.2, 0) is 23.2 Å². The molecule has 1 saturated heterocycles. The number of benzene rings is 2. The van der Waals surface area contributed by atoms with Crippen LogP contribution >= 0.6 is 24.8 Å². The van der Waals surface area contributed by atoms with Crippen LogP contribution in [0.1, 0.15) is 43.9 Å². The van der Waals surface area contributed by atoms with Crippen LogP contribution in [0.2, 0.25) is 0 Å². The maximum Gasteiger partial charge on any atom is 0.119 e. The van der Waals surface area contributed by atoms with E-state index < -0.39 is 0 Å². The van der Waals surface area contributed by atoms with Crippen LogP contribution < -0.4 is 0 Å². The highest BCUT2D eigenvalue weighted by atomic mass is 35.5. The zero-order valence-corrected chi connectivity index (χ0v) is 19.2. The van der Waals surface area contributed by atoms with Gasteiger partial charge >= 0.3 is 0 Å². The fourth-order valence-corrected chi connectivity index (χ4v) is 5.25. The lowest BCUT2D eigenvalue weighted by molar-refractivity contribution is -0.0496. The molecular weight excluding hydrogens is 405 g/mol. The van der Waals surface area contributed by atoms with Crippen molar-refractivity contribution in [2.75, 3.05) is 19.7 Å². The highest BCUT2D eigenvalue weighted by Crippen LogP contribution is 2.57. The molecule has 0 saturated carbocycles. The molecule has 0 spiro atoms. The third kappa shape index (κ3) is 4.16. The standard InChI is InChI=1S/C24H31NO2.2ClH/c1-23(2)22-16-19-20(10-7-11-21(19)26)24(23,3)12-13-25(22)14-15-27-17-18-8-5-4-6-9-18;;/h4-11,22,26H,12-17H2,1-3H3;2*1H/t22-,24+;;/m1../s1. The summed E-state index contributed by atoms with van der Waals surface area (Å²) in [5, 5.41) is 10.5. The Balaban J connectivity index is 0.00000150. The predicted molar refractivity (Wildman–Crippen MR) is 124 cm³/mol. The van der Waals surface area contributed by atoms with Crippen LogP contribution in [0.5, 0.6) is 5.75 Å². The van der Waals surface area contributed by atoms with E-state index in [4.69, 9.17) is 4.74 Å². The van der Waals surface area contributed by atoms with E-state index in [-0.39, 0.29) is 35.6 Å². The molecule has 160 valence electrons. The molecule has 1 aliphatic heterocycles. The molecule has 0 amide bonds. The summed E-state index contributed by atoms with van der Waals surface area (Å²) in [6, 6.07) is 16.9. The van der Waals surface area contributed by atoms with Gasteiger partial charge in [-0.1, -0.05) is 63.2 Å². The number of aromatic hydroxyl groups is 1. The van der Waals surface area contributed by atoms with Crippen molar-refractivity contribution in [1.29, 1.82) is 0 Å². The molecule has 0 aromatic heterocycles. The second kappa shape index (κ2) is 9.26. The van der Waals surface area contributed by atoms with Gasteiger partial charge in [-0.2, -0.15) is 0 Å². The Kier molecular flexibility index (Phi) is 7.67. The fourth-order valence-electron chi connectivity index (χ4n) is 5.25. The molecule has 0 unspecified atom stereocenters. The Bertz CT molecular complexity index is 812. The highest BCUT2D eigenvalue weighted by Gasteiger charge is 2.56. The number of ether oxygens (including phenoxy) is 1. The number of rotatable bonds is 5. The van der Waals surface area contributed by atoms with Crippen LogP contribution in [-0.4, -0.2) is 35.7 Å². The Labute approximate surface area is 187 Å². The van der Waals surface area contributed by atoms with Crippen LogP contribution in [0.3, 0.4) is 0 Å². The average molecular weight is 438 g/mol. The SMILES string of the molecule is CC1(C)[C@H]2Cc3c(O)cccc3[C@]1(C)CCN2CCOCc1ccccc1.Cl.Cl. The number of phenolic OH excluding ortho intramolecular Hbond substituents is 1. The van der Waals surface area contributed by atoms with Crippen molar-refractivity contribution >= 4 is 24.8 Å². The number of likely N-dealkylation sites (tertiary alicyclic amines) is 1. The van der Waals surface area contributed by atoms with E-state index in [0.717, 1.165) is 38.1 Å². The number of piperidine rings is 1. The summed E-state index contributed by atoms with van der Waals surface area (Å²) >= 11 is 0. The number of halogens is 2. The lowest BCUT2D eigenvalue weighted by Gasteiger charge is -2.61. The van der Waals surface area contributed by atoms with Gasteiger partial charge in [-0.3, -0.25) is 4.90 Å². The number of nitrogens with zero attached hydrogens (tertiary/aromatic N) is 1. The predicted octanol–water partition coefficient (Wildman–Crippen LogP) is 5.37. The lowest BCUT2D eigenvalue weighted by Crippen LogP contribution is -2.64. The first-order valence-electron chi connectivity index (χ1n) is 10.1. The molecule has 2 aliphatic rings. The van der Waals surface area contributed by atoms with E-state index in [2.05, 4.69) is 56.0 Å². The molecule has 4 rings (SSSR count). The van der Waals surface area contributed by atoms with Crippen LogP contribution in [0.15, 0.2) is 48.5 Å². The molecule has 3 nitrogen and oxygen atoms in total. The molecule has 1 heterocycles. The quantitative estimate of drug-likeness (QED) is 0.638. The van der Waals surface area contributed by atoms with Gasteiger partial charge in [0.1, 0.15) is 5.75 Å². The highest BCUT2D eigenvalue weighted by molar-refractivity contribution is 5.85. The van der Waals surface area contributed by atoms with Gasteiger partial charge in [0.2, 0.25) is 0 Å². The van der Waals surface area contributed by atoms with Gasteiger partial charge in [0, 0.05) is 18.0 Å². The van der Waals surface area contributed by atoms with Crippen LogP contribution in [0.25, 0.3) is 0 Å². The molecular formula is C24H33Cl2NO2. The van der Waals surface area contributed by atoms with Gasteiger partial charge in [-0.25, -0.2) is 0 Å². The van der Waals surface area contributed by atoms with Gasteiger partial charge in [-0.15, -0.1) is 24.8 Å². The monoisotopic (exact) mass is 437 g/mol. The summed E-state index contributed by atoms with van der Waals surface area (Å²) in [7, 11) is 0. The summed E-state index contributed by atoms with van der Waals surface area (Å²) in [5.41, 5.74) is 3.99. The Morgan fingerprint density at radius 3 is 2.48 bits per heavy atom. The summed E-state index contributed by atoms with van der Waals surface area (Å²) < 4.78 is 5.96.